The number of nitrogens with two attached hydrogens (primary N) is 1. The predicted octanol–water partition coefficient (Wildman–Crippen LogP) is 2.04. The maximum atomic E-state index is 12.2. The second-order valence-electron chi connectivity index (χ2n) is 4.87. The van der Waals surface area contributed by atoms with Crippen molar-refractivity contribution in [1.82, 2.24) is 4.72 Å². The maximum Gasteiger partial charge on any atom is 0.241 e. The molecule has 3 N–H and O–H groups in total. The summed E-state index contributed by atoms with van der Waals surface area (Å²) in [6.07, 6.45) is 0.716. The van der Waals surface area contributed by atoms with Gasteiger partial charge in [0.05, 0.1) is 4.90 Å². The summed E-state index contributed by atoms with van der Waals surface area (Å²) in [6, 6.07) is 4.89. The third-order valence-corrected chi connectivity index (χ3v) is 4.64. The van der Waals surface area contributed by atoms with Crippen LogP contribution in [0.1, 0.15) is 32.8 Å². The van der Waals surface area contributed by atoms with Crippen LogP contribution in [0, 0.1) is 6.92 Å². The lowest BCUT2D eigenvalue weighted by Crippen LogP contribution is -2.42. The first-order valence-corrected chi connectivity index (χ1v) is 7.06. The van der Waals surface area contributed by atoms with Gasteiger partial charge in [-0.2, -0.15) is 0 Å². The standard InChI is InChI=1S/C12H20N2O2S/c1-5-12(3,4)14-17(15,16)11-8-10(13)7-6-9(11)2/h6-8,14H,5,13H2,1-4H3. The average molecular weight is 256 g/mol. The highest BCUT2D eigenvalue weighted by atomic mass is 32.2. The van der Waals surface area contributed by atoms with E-state index in [0.29, 0.717) is 17.7 Å². The van der Waals surface area contributed by atoms with Crippen LogP contribution in [0.2, 0.25) is 0 Å². The molecule has 5 heteroatoms. The predicted molar refractivity (Wildman–Crippen MR) is 70.3 cm³/mol. The van der Waals surface area contributed by atoms with Crippen LogP contribution in [0.5, 0.6) is 0 Å². The lowest BCUT2D eigenvalue weighted by molar-refractivity contribution is 0.439. The zero-order valence-corrected chi connectivity index (χ0v) is 11.6. The molecule has 17 heavy (non-hydrogen) atoms. The third-order valence-electron chi connectivity index (χ3n) is 2.80. The van der Waals surface area contributed by atoms with Gasteiger partial charge in [0, 0.05) is 11.2 Å². The molecule has 0 heterocycles. The molecule has 0 saturated carbocycles. The van der Waals surface area contributed by atoms with E-state index in [-0.39, 0.29) is 4.90 Å². The normalized spacial score (nSPS) is 12.7. The molecule has 1 rings (SSSR count). The van der Waals surface area contributed by atoms with Crippen LogP contribution in [-0.2, 0) is 10.0 Å². The number of hydrogen-bond acceptors (Lipinski definition) is 3. The Balaban J connectivity index is 3.18. The molecule has 4 nitrogen and oxygen atoms in total. The summed E-state index contributed by atoms with van der Waals surface area (Å²) >= 11 is 0. The quantitative estimate of drug-likeness (QED) is 0.810. The zero-order chi connectivity index (χ0) is 13.3. The molecule has 0 aliphatic heterocycles. The number of benzene rings is 1. The number of nitrogen functional groups attached to an aromatic ring is 1. The van der Waals surface area contributed by atoms with Crippen LogP contribution < -0.4 is 10.5 Å². The Labute approximate surface area is 103 Å². The van der Waals surface area contributed by atoms with Crippen molar-refractivity contribution in [2.24, 2.45) is 0 Å². The SMILES string of the molecule is CCC(C)(C)NS(=O)(=O)c1cc(N)ccc1C. The highest BCUT2D eigenvalue weighted by molar-refractivity contribution is 7.89. The van der Waals surface area contributed by atoms with Gasteiger partial charge in [-0.3, -0.25) is 0 Å². The van der Waals surface area contributed by atoms with E-state index in [1.54, 1.807) is 19.1 Å². The van der Waals surface area contributed by atoms with Crippen LogP contribution >= 0.6 is 0 Å². The van der Waals surface area contributed by atoms with E-state index in [2.05, 4.69) is 4.72 Å². The number of rotatable bonds is 4. The number of sulfonamides is 1. The summed E-state index contributed by atoms with van der Waals surface area (Å²) in [6.45, 7) is 7.40. The van der Waals surface area contributed by atoms with Crippen molar-refractivity contribution in [3.05, 3.63) is 23.8 Å². The minimum Gasteiger partial charge on any atom is -0.399 e. The van der Waals surface area contributed by atoms with Gasteiger partial charge in [0.25, 0.3) is 0 Å². The van der Waals surface area contributed by atoms with Gasteiger partial charge in [-0.1, -0.05) is 13.0 Å². The van der Waals surface area contributed by atoms with Gasteiger partial charge in [-0.15, -0.1) is 0 Å². The first kappa shape index (κ1) is 14.0. The summed E-state index contributed by atoms with van der Waals surface area (Å²) in [7, 11) is -3.51. The molecule has 0 fully saturated rings. The Morgan fingerprint density at radius 3 is 2.47 bits per heavy atom. The van der Waals surface area contributed by atoms with Gasteiger partial charge in [0.15, 0.2) is 0 Å². The molecule has 0 atom stereocenters. The molecule has 0 aliphatic rings. The minimum atomic E-state index is -3.51. The van der Waals surface area contributed by atoms with Crippen molar-refractivity contribution in [3.8, 4) is 0 Å². The molecule has 0 aliphatic carbocycles. The van der Waals surface area contributed by atoms with Crippen LogP contribution in [-0.4, -0.2) is 14.0 Å². The summed E-state index contributed by atoms with van der Waals surface area (Å²) in [4.78, 5) is 0.249. The molecular formula is C12H20N2O2S. The van der Waals surface area contributed by atoms with Crippen molar-refractivity contribution in [2.75, 3.05) is 5.73 Å². The number of anilines is 1. The molecule has 0 amide bonds. The van der Waals surface area contributed by atoms with Crippen molar-refractivity contribution in [1.29, 1.82) is 0 Å². The molecule has 0 aromatic heterocycles. The van der Waals surface area contributed by atoms with Gasteiger partial charge >= 0.3 is 0 Å². The third kappa shape index (κ3) is 3.44. The molecular weight excluding hydrogens is 236 g/mol. The Kier molecular flexibility index (Phi) is 3.84. The largest absolute Gasteiger partial charge is 0.399 e. The van der Waals surface area contributed by atoms with E-state index in [4.69, 9.17) is 5.73 Å². The highest BCUT2D eigenvalue weighted by Crippen LogP contribution is 2.20. The second kappa shape index (κ2) is 4.66. The number of nitrogens with one attached hydrogen (secondary N) is 1. The van der Waals surface area contributed by atoms with E-state index in [0.717, 1.165) is 0 Å². The number of hydrogen-bond donors (Lipinski definition) is 2. The van der Waals surface area contributed by atoms with Crippen LogP contribution in [0.4, 0.5) is 5.69 Å². The van der Waals surface area contributed by atoms with Crippen molar-refractivity contribution >= 4 is 15.7 Å². The van der Waals surface area contributed by atoms with Crippen molar-refractivity contribution in [3.63, 3.8) is 0 Å². The summed E-state index contributed by atoms with van der Waals surface area (Å²) in [5, 5.41) is 0. The Bertz CT molecular complexity index is 507. The topological polar surface area (TPSA) is 72.2 Å². The molecule has 0 bridgehead atoms. The second-order valence-corrected chi connectivity index (χ2v) is 6.52. The lowest BCUT2D eigenvalue weighted by atomic mass is 10.0. The van der Waals surface area contributed by atoms with Gasteiger partial charge in [-0.25, -0.2) is 13.1 Å². The fraction of sp³-hybridized carbons (Fsp3) is 0.500. The molecule has 1 aromatic carbocycles. The molecule has 0 spiro atoms. The maximum absolute atomic E-state index is 12.2. The first-order chi connectivity index (χ1) is 7.68. The Morgan fingerprint density at radius 1 is 1.35 bits per heavy atom. The van der Waals surface area contributed by atoms with E-state index < -0.39 is 15.6 Å². The molecule has 0 saturated heterocycles. The fourth-order valence-corrected chi connectivity index (χ4v) is 3.16. The highest BCUT2D eigenvalue weighted by Gasteiger charge is 2.25. The number of aryl methyl sites for hydroxylation is 1. The van der Waals surface area contributed by atoms with Crippen LogP contribution in [0.15, 0.2) is 23.1 Å². The smallest absolute Gasteiger partial charge is 0.241 e. The van der Waals surface area contributed by atoms with Crippen LogP contribution in [0.25, 0.3) is 0 Å². The van der Waals surface area contributed by atoms with Gasteiger partial charge in [-0.05, 0) is 44.9 Å². The Hall–Kier alpha value is -1.07. The Morgan fingerprint density at radius 2 is 1.94 bits per heavy atom. The minimum absolute atomic E-state index is 0.249. The molecule has 0 radical (unpaired) electrons. The first-order valence-electron chi connectivity index (χ1n) is 5.58. The van der Waals surface area contributed by atoms with Crippen molar-refractivity contribution < 1.29 is 8.42 Å². The van der Waals surface area contributed by atoms with Crippen LogP contribution in [0.3, 0.4) is 0 Å². The molecule has 0 unspecified atom stereocenters. The van der Waals surface area contributed by atoms with E-state index >= 15 is 0 Å². The van der Waals surface area contributed by atoms with Crippen molar-refractivity contribution in [2.45, 2.75) is 44.6 Å². The fourth-order valence-electron chi connectivity index (χ4n) is 1.40. The van der Waals surface area contributed by atoms with Gasteiger partial charge in [0.1, 0.15) is 0 Å². The summed E-state index contributed by atoms with van der Waals surface area (Å²) < 4.78 is 27.1. The summed E-state index contributed by atoms with van der Waals surface area (Å²) in [5.74, 6) is 0. The monoisotopic (exact) mass is 256 g/mol. The summed E-state index contributed by atoms with van der Waals surface area (Å²) in [5.41, 5.74) is 6.31. The van der Waals surface area contributed by atoms with Gasteiger partial charge in [0.2, 0.25) is 10.0 Å². The van der Waals surface area contributed by atoms with E-state index in [1.807, 2.05) is 20.8 Å². The molecule has 1 aromatic rings. The van der Waals surface area contributed by atoms with E-state index in [9.17, 15) is 8.42 Å². The average Bonchev–Trinajstić information content (AvgIpc) is 2.20. The lowest BCUT2D eigenvalue weighted by Gasteiger charge is -2.24. The molecule has 96 valence electrons. The van der Waals surface area contributed by atoms with E-state index in [1.165, 1.54) is 6.07 Å². The van der Waals surface area contributed by atoms with Gasteiger partial charge < -0.3 is 5.73 Å². The zero-order valence-electron chi connectivity index (χ0n) is 10.7.